The molecule has 0 saturated carbocycles. The fraction of sp³-hybridized carbons (Fsp3) is 0.429. The molecule has 4 nitrogen and oxygen atoms in total. The minimum absolute atomic E-state index is 0.201. The standard InChI is InChI=1S/C14H19N3OS2/c1-5-13-15-14(19-16-13)17(3)10(2)11-6-8-12(9-7-11)20(4)18/h6-10H,5H2,1-4H3. The van der Waals surface area contributed by atoms with Crippen molar-refractivity contribution >= 4 is 27.5 Å². The van der Waals surface area contributed by atoms with Gasteiger partial charge in [0.05, 0.1) is 6.04 Å². The van der Waals surface area contributed by atoms with Crippen LogP contribution in [0.5, 0.6) is 0 Å². The van der Waals surface area contributed by atoms with Gasteiger partial charge in [-0.2, -0.15) is 4.37 Å². The van der Waals surface area contributed by atoms with E-state index in [0.29, 0.717) is 0 Å². The molecular weight excluding hydrogens is 290 g/mol. The van der Waals surface area contributed by atoms with E-state index in [1.807, 2.05) is 31.3 Å². The molecule has 2 atom stereocenters. The third-order valence-corrected chi connectivity index (χ3v) is 5.13. The summed E-state index contributed by atoms with van der Waals surface area (Å²) in [6.45, 7) is 4.18. The highest BCUT2D eigenvalue weighted by molar-refractivity contribution is 7.84. The van der Waals surface area contributed by atoms with E-state index in [9.17, 15) is 4.21 Å². The molecule has 0 N–H and O–H groups in total. The van der Waals surface area contributed by atoms with Crippen molar-refractivity contribution in [1.29, 1.82) is 0 Å². The van der Waals surface area contributed by atoms with Crippen molar-refractivity contribution in [3.8, 4) is 0 Å². The van der Waals surface area contributed by atoms with Crippen molar-refractivity contribution in [3.63, 3.8) is 0 Å². The molecule has 108 valence electrons. The molecule has 0 fully saturated rings. The van der Waals surface area contributed by atoms with Gasteiger partial charge in [0.15, 0.2) is 0 Å². The Hall–Kier alpha value is -1.27. The molecule has 0 aliphatic rings. The molecule has 0 radical (unpaired) electrons. The number of aromatic nitrogens is 2. The van der Waals surface area contributed by atoms with Gasteiger partial charge in [-0.25, -0.2) is 4.98 Å². The molecule has 2 rings (SSSR count). The Morgan fingerprint density at radius 1 is 1.35 bits per heavy atom. The lowest BCUT2D eigenvalue weighted by atomic mass is 10.1. The van der Waals surface area contributed by atoms with Gasteiger partial charge < -0.3 is 4.90 Å². The summed E-state index contributed by atoms with van der Waals surface area (Å²) in [5, 5.41) is 0.928. The summed E-state index contributed by atoms with van der Waals surface area (Å²) >= 11 is 1.43. The van der Waals surface area contributed by atoms with Gasteiger partial charge in [0, 0.05) is 47.0 Å². The van der Waals surface area contributed by atoms with Crippen LogP contribution in [0.1, 0.15) is 31.3 Å². The number of hydrogen-bond acceptors (Lipinski definition) is 5. The number of aryl methyl sites for hydroxylation is 1. The molecule has 0 saturated heterocycles. The second-order valence-corrected chi connectivity index (χ2v) is 6.77. The van der Waals surface area contributed by atoms with Crippen molar-refractivity contribution in [2.24, 2.45) is 0 Å². The minimum atomic E-state index is -0.929. The molecule has 0 aliphatic carbocycles. The Labute approximate surface area is 126 Å². The SMILES string of the molecule is CCc1nsc(N(C)C(C)c2ccc(S(C)=O)cc2)n1. The number of anilines is 1. The van der Waals surface area contributed by atoms with Crippen molar-refractivity contribution in [1.82, 2.24) is 9.36 Å². The van der Waals surface area contributed by atoms with Crippen LogP contribution in [-0.4, -0.2) is 26.9 Å². The Morgan fingerprint density at radius 2 is 2.00 bits per heavy atom. The van der Waals surface area contributed by atoms with E-state index in [-0.39, 0.29) is 6.04 Å². The first-order valence-electron chi connectivity index (χ1n) is 6.51. The van der Waals surface area contributed by atoms with Gasteiger partial charge in [-0.05, 0) is 24.6 Å². The van der Waals surface area contributed by atoms with Gasteiger partial charge in [-0.1, -0.05) is 19.1 Å². The molecule has 2 aromatic rings. The Kier molecular flexibility index (Phi) is 4.88. The van der Waals surface area contributed by atoms with Crippen molar-refractivity contribution < 1.29 is 4.21 Å². The predicted octanol–water partition coefficient (Wildman–Crippen LogP) is 3.04. The van der Waals surface area contributed by atoms with Crippen LogP contribution < -0.4 is 4.90 Å². The molecule has 1 aromatic carbocycles. The average molecular weight is 309 g/mol. The third-order valence-electron chi connectivity index (χ3n) is 3.35. The lowest BCUT2D eigenvalue weighted by Gasteiger charge is -2.24. The topological polar surface area (TPSA) is 46.1 Å². The average Bonchev–Trinajstić information content (AvgIpc) is 2.94. The molecule has 0 spiro atoms. The number of nitrogens with zero attached hydrogens (tertiary/aromatic N) is 3. The summed E-state index contributed by atoms with van der Waals surface area (Å²) in [5.74, 6) is 0.890. The smallest absolute Gasteiger partial charge is 0.205 e. The Morgan fingerprint density at radius 3 is 2.50 bits per heavy atom. The molecular formula is C14H19N3OS2. The fourth-order valence-electron chi connectivity index (χ4n) is 1.86. The van der Waals surface area contributed by atoms with E-state index in [1.165, 1.54) is 17.1 Å². The van der Waals surface area contributed by atoms with Crippen LogP contribution in [0, 0.1) is 0 Å². The molecule has 0 aliphatic heterocycles. The van der Waals surface area contributed by atoms with Crippen molar-refractivity contribution in [2.45, 2.75) is 31.2 Å². The Bertz CT molecular complexity index is 595. The maximum atomic E-state index is 11.4. The zero-order valence-electron chi connectivity index (χ0n) is 12.2. The van der Waals surface area contributed by atoms with Crippen molar-refractivity contribution in [2.75, 3.05) is 18.2 Å². The van der Waals surface area contributed by atoms with Crippen LogP contribution in [0.4, 0.5) is 5.13 Å². The molecule has 1 aromatic heterocycles. The summed E-state index contributed by atoms with van der Waals surface area (Å²) in [6.07, 6.45) is 2.55. The van der Waals surface area contributed by atoms with E-state index in [0.717, 1.165) is 22.3 Å². The highest BCUT2D eigenvalue weighted by Gasteiger charge is 2.16. The lowest BCUT2D eigenvalue weighted by Crippen LogP contribution is -2.21. The van der Waals surface area contributed by atoms with E-state index in [4.69, 9.17) is 0 Å². The van der Waals surface area contributed by atoms with Gasteiger partial charge >= 0.3 is 0 Å². The van der Waals surface area contributed by atoms with Gasteiger partial charge in [0.2, 0.25) is 5.13 Å². The first kappa shape index (κ1) is 15.1. The molecule has 0 bridgehead atoms. The second kappa shape index (κ2) is 6.45. The first-order valence-corrected chi connectivity index (χ1v) is 8.85. The highest BCUT2D eigenvalue weighted by Crippen LogP contribution is 2.27. The van der Waals surface area contributed by atoms with Crippen LogP contribution in [0.3, 0.4) is 0 Å². The molecule has 6 heteroatoms. The molecule has 1 heterocycles. The largest absolute Gasteiger partial charge is 0.343 e. The predicted molar refractivity (Wildman–Crippen MR) is 84.9 cm³/mol. The fourth-order valence-corrected chi connectivity index (χ4v) is 3.17. The summed E-state index contributed by atoms with van der Waals surface area (Å²) in [4.78, 5) is 7.48. The molecule has 2 unspecified atom stereocenters. The van der Waals surface area contributed by atoms with Crippen LogP contribution in [0.25, 0.3) is 0 Å². The third kappa shape index (κ3) is 3.24. The quantitative estimate of drug-likeness (QED) is 0.851. The number of hydrogen-bond donors (Lipinski definition) is 0. The second-order valence-electron chi connectivity index (χ2n) is 4.66. The van der Waals surface area contributed by atoms with Gasteiger partial charge in [-0.3, -0.25) is 4.21 Å². The minimum Gasteiger partial charge on any atom is -0.343 e. The normalized spacial score (nSPS) is 14.0. The summed E-state index contributed by atoms with van der Waals surface area (Å²) in [7, 11) is 1.10. The zero-order valence-corrected chi connectivity index (χ0v) is 13.8. The van der Waals surface area contributed by atoms with Gasteiger partial charge in [-0.15, -0.1) is 0 Å². The van der Waals surface area contributed by atoms with Crippen molar-refractivity contribution in [3.05, 3.63) is 35.7 Å². The van der Waals surface area contributed by atoms with Crippen LogP contribution in [-0.2, 0) is 17.2 Å². The number of benzene rings is 1. The van der Waals surface area contributed by atoms with Crippen LogP contribution in [0.15, 0.2) is 29.2 Å². The van der Waals surface area contributed by atoms with E-state index in [1.54, 1.807) is 6.26 Å². The maximum Gasteiger partial charge on any atom is 0.205 e. The van der Waals surface area contributed by atoms with Crippen LogP contribution in [0.2, 0.25) is 0 Å². The van der Waals surface area contributed by atoms with E-state index >= 15 is 0 Å². The summed E-state index contributed by atoms with van der Waals surface area (Å²) in [6, 6.07) is 8.10. The first-order chi connectivity index (χ1) is 9.52. The van der Waals surface area contributed by atoms with E-state index < -0.39 is 10.8 Å². The van der Waals surface area contributed by atoms with E-state index in [2.05, 4.69) is 28.1 Å². The zero-order chi connectivity index (χ0) is 14.7. The summed E-state index contributed by atoms with van der Waals surface area (Å²) in [5.41, 5.74) is 1.18. The molecule has 0 amide bonds. The Balaban J connectivity index is 2.17. The number of rotatable bonds is 5. The van der Waals surface area contributed by atoms with Gasteiger partial charge in [0.25, 0.3) is 0 Å². The van der Waals surface area contributed by atoms with Crippen LogP contribution >= 0.6 is 11.5 Å². The lowest BCUT2D eigenvalue weighted by molar-refractivity contribution is 0.686. The monoisotopic (exact) mass is 309 g/mol. The highest BCUT2D eigenvalue weighted by atomic mass is 32.2. The summed E-state index contributed by atoms with van der Waals surface area (Å²) < 4.78 is 15.7. The molecule has 20 heavy (non-hydrogen) atoms. The van der Waals surface area contributed by atoms with Gasteiger partial charge in [0.1, 0.15) is 5.82 Å². The maximum absolute atomic E-state index is 11.4.